The van der Waals surface area contributed by atoms with E-state index < -0.39 is 17.7 Å². The number of anilines is 1. The molecule has 0 saturated carbocycles. The van der Waals surface area contributed by atoms with Crippen LogP contribution >= 0.6 is 0 Å². The molecule has 31 heavy (non-hydrogen) atoms. The average molecular weight is 416 g/mol. The molecule has 2 aliphatic heterocycles. The summed E-state index contributed by atoms with van der Waals surface area (Å²) < 4.78 is 19.7. The second kappa shape index (κ2) is 7.64. The van der Waals surface area contributed by atoms with Gasteiger partial charge in [0.2, 0.25) is 5.95 Å². The van der Waals surface area contributed by atoms with Gasteiger partial charge in [-0.15, -0.1) is 0 Å². The van der Waals surface area contributed by atoms with Crippen LogP contribution in [0.3, 0.4) is 0 Å². The van der Waals surface area contributed by atoms with Gasteiger partial charge in [-0.05, 0) is 35.9 Å². The zero-order chi connectivity index (χ0) is 21.4. The number of fused-ring (bicyclic) bond motifs is 1. The molecule has 0 atom stereocenters. The zero-order valence-corrected chi connectivity index (χ0v) is 16.3. The number of nitrogens with one attached hydrogen (secondary N) is 1. The van der Waals surface area contributed by atoms with E-state index in [9.17, 15) is 14.0 Å². The first kappa shape index (κ1) is 18.9. The number of rotatable bonds is 4. The lowest BCUT2D eigenvalue weighted by molar-refractivity contribution is 0.0619. The number of carbonyl (C=O) groups excluding carboxylic acids is 2. The van der Waals surface area contributed by atoms with Crippen LogP contribution < -0.4 is 5.32 Å². The lowest BCUT2D eigenvalue weighted by Gasteiger charge is -2.39. The van der Waals surface area contributed by atoms with Crippen molar-refractivity contribution >= 4 is 29.7 Å². The van der Waals surface area contributed by atoms with E-state index in [1.54, 1.807) is 53.7 Å². The van der Waals surface area contributed by atoms with Crippen molar-refractivity contribution in [3.8, 4) is 0 Å². The summed E-state index contributed by atoms with van der Waals surface area (Å²) >= 11 is 0. The number of ether oxygens (including phenoxy) is 1. The van der Waals surface area contributed by atoms with Crippen molar-refractivity contribution in [1.29, 1.82) is 0 Å². The van der Waals surface area contributed by atoms with Gasteiger partial charge in [0, 0.05) is 31.0 Å². The van der Waals surface area contributed by atoms with E-state index in [1.165, 1.54) is 12.1 Å². The van der Waals surface area contributed by atoms with E-state index in [4.69, 9.17) is 4.74 Å². The molecule has 1 fully saturated rings. The van der Waals surface area contributed by atoms with Crippen molar-refractivity contribution < 1.29 is 18.7 Å². The summed E-state index contributed by atoms with van der Waals surface area (Å²) in [6.45, 7) is 0.847. The normalized spacial score (nSPS) is 16.6. The molecule has 1 aromatic heterocycles. The maximum Gasteiger partial charge on any atom is 0.344 e. The molecule has 154 valence electrons. The summed E-state index contributed by atoms with van der Waals surface area (Å²) in [6.07, 6.45) is 4.89. The minimum atomic E-state index is -0.598. The van der Waals surface area contributed by atoms with Crippen molar-refractivity contribution in [2.45, 2.75) is 6.04 Å². The highest BCUT2D eigenvalue weighted by Gasteiger charge is 2.33. The van der Waals surface area contributed by atoms with Gasteiger partial charge in [0.1, 0.15) is 11.6 Å². The molecule has 1 N–H and O–H groups in total. The number of cyclic esters (lactones) is 1. The van der Waals surface area contributed by atoms with E-state index in [0.717, 1.165) is 0 Å². The summed E-state index contributed by atoms with van der Waals surface area (Å²) in [5, 5.41) is 3.13. The van der Waals surface area contributed by atoms with Crippen LogP contribution in [0, 0.1) is 5.82 Å². The summed E-state index contributed by atoms with van der Waals surface area (Å²) in [7, 11) is 0. The Morgan fingerprint density at radius 1 is 1.10 bits per heavy atom. The number of likely N-dealkylation sites (tertiary alicyclic amines) is 1. The molecule has 2 aromatic carbocycles. The second-order valence-corrected chi connectivity index (χ2v) is 7.31. The molecule has 5 rings (SSSR count). The predicted molar refractivity (Wildman–Crippen MR) is 111 cm³/mol. The SMILES string of the molecule is O=C1OC(=Cc2ccc(F)c(C(=O)N3CC(Nc4ncccn4)C3)c2)c2ccccc21. The molecule has 0 bridgehead atoms. The molecule has 3 aromatic rings. The maximum atomic E-state index is 14.4. The van der Waals surface area contributed by atoms with Crippen molar-refractivity contribution in [1.82, 2.24) is 14.9 Å². The van der Waals surface area contributed by atoms with Crippen LogP contribution in [0.2, 0.25) is 0 Å². The fourth-order valence-electron chi connectivity index (χ4n) is 3.60. The number of hydrogen-bond donors (Lipinski definition) is 1. The Balaban J connectivity index is 1.32. The van der Waals surface area contributed by atoms with Crippen LogP contribution in [0.25, 0.3) is 11.8 Å². The number of halogens is 1. The standard InChI is InChI=1S/C23H17FN4O3/c24-19-7-6-14(11-20-16-4-1-2-5-17(16)22(30)31-20)10-18(19)21(29)28-12-15(13-28)27-23-25-8-3-9-26-23/h1-11,15H,12-13H2,(H,25,26,27). The topological polar surface area (TPSA) is 84.4 Å². The number of nitrogens with zero attached hydrogens (tertiary/aromatic N) is 3. The number of amides is 1. The molecule has 2 aliphatic rings. The van der Waals surface area contributed by atoms with Gasteiger partial charge in [-0.1, -0.05) is 24.3 Å². The molecule has 7 nitrogen and oxygen atoms in total. The van der Waals surface area contributed by atoms with Crippen molar-refractivity contribution in [2.75, 3.05) is 18.4 Å². The van der Waals surface area contributed by atoms with Crippen LogP contribution in [0.1, 0.15) is 31.8 Å². The third-order valence-corrected chi connectivity index (χ3v) is 5.20. The van der Waals surface area contributed by atoms with Gasteiger partial charge >= 0.3 is 5.97 Å². The Morgan fingerprint density at radius 2 is 1.84 bits per heavy atom. The summed E-state index contributed by atoms with van der Waals surface area (Å²) in [4.78, 5) is 34.6. The summed E-state index contributed by atoms with van der Waals surface area (Å²) in [5.74, 6) is -0.554. The van der Waals surface area contributed by atoms with E-state index in [0.29, 0.717) is 41.5 Å². The molecule has 0 radical (unpaired) electrons. The van der Waals surface area contributed by atoms with Gasteiger partial charge in [0.15, 0.2) is 0 Å². The van der Waals surface area contributed by atoms with Gasteiger partial charge in [0.25, 0.3) is 5.91 Å². The van der Waals surface area contributed by atoms with Gasteiger partial charge in [-0.3, -0.25) is 4.79 Å². The highest BCUT2D eigenvalue weighted by Crippen LogP contribution is 2.31. The average Bonchev–Trinajstić information content (AvgIpc) is 3.08. The highest BCUT2D eigenvalue weighted by molar-refractivity contribution is 6.06. The Kier molecular flexibility index (Phi) is 4.66. The van der Waals surface area contributed by atoms with Crippen molar-refractivity contribution in [2.24, 2.45) is 0 Å². The number of benzene rings is 2. The van der Waals surface area contributed by atoms with Crippen LogP contribution in [0.5, 0.6) is 0 Å². The number of hydrogen-bond acceptors (Lipinski definition) is 6. The summed E-state index contributed by atoms with van der Waals surface area (Å²) in [5.41, 5.74) is 1.69. The molecule has 0 spiro atoms. The Bertz CT molecular complexity index is 1210. The molecular formula is C23H17FN4O3. The lowest BCUT2D eigenvalue weighted by atomic mass is 10.0. The first-order valence-electron chi connectivity index (χ1n) is 9.74. The maximum absolute atomic E-state index is 14.4. The number of aromatic nitrogens is 2. The second-order valence-electron chi connectivity index (χ2n) is 7.31. The number of esters is 1. The third-order valence-electron chi connectivity index (χ3n) is 5.20. The lowest BCUT2D eigenvalue weighted by Crippen LogP contribution is -2.57. The predicted octanol–water partition coefficient (Wildman–Crippen LogP) is 3.22. The van der Waals surface area contributed by atoms with Crippen molar-refractivity contribution in [3.63, 3.8) is 0 Å². The Hall–Kier alpha value is -4.07. The van der Waals surface area contributed by atoms with E-state index in [1.807, 2.05) is 6.07 Å². The van der Waals surface area contributed by atoms with E-state index >= 15 is 0 Å². The van der Waals surface area contributed by atoms with Crippen LogP contribution in [-0.4, -0.2) is 45.9 Å². The molecule has 1 amide bonds. The fourth-order valence-corrected chi connectivity index (χ4v) is 3.60. The first-order chi connectivity index (χ1) is 15.1. The fraction of sp³-hybridized carbons (Fsp3) is 0.130. The molecule has 8 heteroatoms. The van der Waals surface area contributed by atoms with Gasteiger partial charge in [-0.25, -0.2) is 19.2 Å². The van der Waals surface area contributed by atoms with Crippen molar-refractivity contribution in [3.05, 3.63) is 89.0 Å². The van der Waals surface area contributed by atoms with Gasteiger partial charge in [0.05, 0.1) is 17.2 Å². The summed E-state index contributed by atoms with van der Waals surface area (Å²) in [6, 6.07) is 13.0. The molecule has 3 heterocycles. The van der Waals surface area contributed by atoms with Gasteiger partial charge < -0.3 is 15.0 Å². The zero-order valence-electron chi connectivity index (χ0n) is 16.3. The third kappa shape index (κ3) is 3.63. The number of carbonyl (C=O) groups is 2. The van der Waals surface area contributed by atoms with Crippen LogP contribution in [0.15, 0.2) is 60.9 Å². The molecular weight excluding hydrogens is 399 g/mol. The monoisotopic (exact) mass is 416 g/mol. The van der Waals surface area contributed by atoms with Gasteiger partial charge in [-0.2, -0.15) is 0 Å². The minimum absolute atomic E-state index is 0.00844. The molecule has 0 unspecified atom stereocenters. The first-order valence-corrected chi connectivity index (χ1v) is 9.74. The molecule has 1 saturated heterocycles. The highest BCUT2D eigenvalue weighted by atomic mass is 19.1. The van der Waals surface area contributed by atoms with Crippen LogP contribution in [0.4, 0.5) is 10.3 Å². The smallest absolute Gasteiger partial charge is 0.344 e. The quantitative estimate of drug-likeness (QED) is 0.658. The van der Waals surface area contributed by atoms with Crippen LogP contribution in [-0.2, 0) is 4.74 Å². The Morgan fingerprint density at radius 3 is 2.61 bits per heavy atom. The molecule has 0 aliphatic carbocycles. The Labute approximate surface area is 177 Å². The van der Waals surface area contributed by atoms with E-state index in [2.05, 4.69) is 15.3 Å². The largest absolute Gasteiger partial charge is 0.422 e. The van der Waals surface area contributed by atoms with E-state index in [-0.39, 0.29) is 11.6 Å². The minimum Gasteiger partial charge on any atom is -0.422 e.